The molecule has 1 unspecified atom stereocenters. The van der Waals surface area contributed by atoms with Crippen molar-refractivity contribution in [1.29, 1.82) is 0 Å². The summed E-state index contributed by atoms with van der Waals surface area (Å²) >= 11 is 1.73. The first-order chi connectivity index (χ1) is 7.40. The molecule has 1 atom stereocenters. The zero-order valence-electron chi connectivity index (χ0n) is 9.28. The molecule has 1 aromatic rings. The van der Waals surface area contributed by atoms with E-state index < -0.39 is 0 Å². The SMILES string of the molecule is CCN(CC1CCCCN1)c1nccs1. The molecule has 1 aliphatic rings. The van der Waals surface area contributed by atoms with Gasteiger partial charge in [0, 0.05) is 30.7 Å². The number of piperidine rings is 1. The van der Waals surface area contributed by atoms with Crippen LogP contribution in [0.25, 0.3) is 0 Å². The van der Waals surface area contributed by atoms with Crippen molar-refractivity contribution in [3.63, 3.8) is 0 Å². The Hall–Kier alpha value is -0.610. The molecule has 0 aromatic carbocycles. The van der Waals surface area contributed by atoms with Crippen molar-refractivity contribution in [1.82, 2.24) is 10.3 Å². The second kappa shape index (κ2) is 5.47. The highest BCUT2D eigenvalue weighted by Gasteiger charge is 2.16. The Kier molecular flexibility index (Phi) is 3.97. The van der Waals surface area contributed by atoms with E-state index in [1.54, 1.807) is 11.3 Å². The fourth-order valence-electron chi connectivity index (χ4n) is 2.06. The van der Waals surface area contributed by atoms with Gasteiger partial charge in [0.25, 0.3) is 0 Å². The maximum absolute atomic E-state index is 4.37. The highest BCUT2D eigenvalue weighted by atomic mass is 32.1. The van der Waals surface area contributed by atoms with Crippen LogP contribution in [-0.4, -0.2) is 30.7 Å². The van der Waals surface area contributed by atoms with Gasteiger partial charge >= 0.3 is 0 Å². The van der Waals surface area contributed by atoms with Gasteiger partial charge in [-0.05, 0) is 26.3 Å². The number of anilines is 1. The third kappa shape index (κ3) is 2.92. The summed E-state index contributed by atoms with van der Waals surface area (Å²) < 4.78 is 0. The third-order valence-corrected chi connectivity index (χ3v) is 3.76. The normalized spacial score (nSPS) is 21.5. The Morgan fingerprint density at radius 2 is 2.53 bits per heavy atom. The molecule has 2 heterocycles. The average Bonchev–Trinajstić information content (AvgIpc) is 2.81. The average molecular weight is 225 g/mol. The number of nitrogens with zero attached hydrogens (tertiary/aromatic N) is 2. The van der Waals surface area contributed by atoms with Crippen LogP contribution in [0.15, 0.2) is 11.6 Å². The fourth-order valence-corrected chi connectivity index (χ4v) is 2.78. The summed E-state index contributed by atoms with van der Waals surface area (Å²) in [6.07, 6.45) is 5.89. The van der Waals surface area contributed by atoms with Crippen LogP contribution in [0.4, 0.5) is 5.13 Å². The Morgan fingerprint density at radius 3 is 3.13 bits per heavy atom. The number of aromatic nitrogens is 1. The summed E-state index contributed by atoms with van der Waals surface area (Å²) in [5, 5.41) is 6.79. The Morgan fingerprint density at radius 1 is 1.60 bits per heavy atom. The van der Waals surface area contributed by atoms with E-state index in [1.165, 1.54) is 25.8 Å². The maximum atomic E-state index is 4.37. The monoisotopic (exact) mass is 225 g/mol. The highest BCUT2D eigenvalue weighted by Crippen LogP contribution is 2.18. The van der Waals surface area contributed by atoms with Gasteiger partial charge in [0.1, 0.15) is 0 Å². The van der Waals surface area contributed by atoms with Crippen LogP contribution >= 0.6 is 11.3 Å². The van der Waals surface area contributed by atoms with Gasteiger partial charge in [-0.1, -0.05) is 6.42 Å². The van der Waals surface area contributed by atoms with Crippen molar-refractivity contribution >= 4 is 16.5 Å². The van der Waals surface area contributed by atoms with E-state index in [9.17, 15) is 0 Å². The minimum Gasteiger partial charge on any atom is -0.347 e. The van der Waals surface area contributed by atoms with E-state index in [1.807, 2.05) is 11.6 Å². The van der Waals surface area contributed by atoms with E-state index in [0.717, 1.165) is 18.2 Å². The van der Waals surface area contributed by atoms with Crippen LogP contribution in [0.2, 0.25) is 0 Å². The quantitative estimate of drug-likeness (QED) is 0.850. The zero-order valence-corrected chi connectivity index (χ0v) is 10.1. The lowest BCUT2D eigenvalue weighted by Gasteiger charge is -2.29. The van der Waals surface area contributed by atoms with Crippen molar-refractivity contribution in [3.8, 4) is 0 Å². The van der Waals surface area contributed by atoms with E-state index in [-0.39, 0.29) is 0 Å². The zero-order chi connectivity index (χ0) is 10.5. The van der Waals surface area contributed by atoms with Crippen molar-refractivity contribution < 1.29 is 0 Å². The largest absolute Gasteiger partial charge is 0.347 e. The molecule has 0 radical (unpaired) electrons. The smallest absolute Gasteiger partial charge is 0.185 e. The van der Waals surface area contributed by atoms with Crippen LogP contribution in [0.5, 0.6) is 0 Å². The number of thiazole rings is 1. The molecule has 1 aliphatic heterocycles. The van der Waals surface area contributed by atoms with E-state index in [2.05, 4.69) is 22.1 Å². The van der Waals surface area contributed by atoms with Gasteiger partial charge < -0.3 is 10.2 Å². The lowest BCUT2D eigenvalue weighted by molar-refractivity contribution is 0.400. The topological polar surface area (TPSA) is 28.2 Å². The molecule has 2 rings (SSSR count). The molecule has 0 amide bonds. The van der Waals surface area contributed by atoms with Gasteiger partial charge in [-0.25, -0.2) is 4.98 Å². The van der Waals surface area contributed by atoms with Gasteiger partial charge in [-0.15, -0.1) is 11.3 Å². The van der Waals surface area contributed by atoms with Gasteiger partial charge in [-0.2, -0.15) is 0 Å². The van der Waals surface area contributed by atoms with Crippen LogP contribution in [0.3, 0.4) is 0 Å². The van der Waals surface area contributed by atoms with Crippen molar-refractivity contribution in [3.05, 3.63) is 11.6 Å². The molecule has 84 valence electrons. The van der Waals surface area contributed by atoms with Crippen LogP contribution in [0, 0.1) is 0 Å². The molecular weight excluding hydrogens is 206 g/mol. The van der Waals surface area contributed by atoms with Gasteiger partial charge in [0.05, 0.1) is 0 Å². The molecular formula is C11H19N3S. The molecule has 0 saturated carbocycles. The van der Waals surface area contributed by atoms with Crippen molar-refractivity contribution in [2.24, 2.45) is 0 Å². The minimum absolute atomic E-state index is 0.655. The van der Waals surface area contributed by atoms with Gasteiger partial charge in [0.15, 0.2) is 5.13 Å². The Labute approximate surface area is 95.5 Å². The van der Waals surface area contributed by atoms with E-state index >= 15 is 0 Å². The molecule has 1 aromatic heterocycles. The first-order valence-corrected chi connectivity index (χ1v) is 6.66. The third-order valence-electron chi connectivity index (χ3n) is 2.92. The molecule has 1 saturated heterocycles. The summed E-state index contributed by atoms with van der Waals surface area (Å²) in [5.41, 5.74) is 0. The summed E-state index contributed by atoms with van der Waals surface area (Å²) in [6.45, 7) is 5.53. The second-order valence-corrected chi connectivity index (χ2v) is 4.87. The molecule has 0 bridgehead atoms. The molecule has 3 nitrogen and oxygen atoms in total. The molecule has 1 fully saturated rings. The van der Waals surface area contributed by atoms with Crippen LogP contribution < -0.4 is 10.2 Å². The molecule has 15 heavy (non-hydrogen) atoms. The van der Waals surface area contributed by atoms with Crippen LogP contribution in [0.1, 0.15) is 26.2 Å². The first kappa shape index (κ1) is 10.9. The predicted molar refractivity (Wildman–Crippen MR) is 65.6 cm³/mol. The number of hydrogen-bond donors (Lipinski definition) is 1. The molecule has 0 aliphatic carbocycles. The van der Waals surface area contributed by atoms with Crippen molar-refractivity contribution in [2.75, 3.05) is 24.5 Å². The number of hydrogen-bond acceptors (Lipinski definition) is 4. The summed E-state index contributed by atoms with van der Waals surface area (Å²) in [5.74, 6) is 0. The summed E-state index contributed by atoms with van der Waals surface area (Å²) in [4.78, 5) is 6.74. The lowest BCUT2D eigenvalue weighted by atomic mass is 10.0. The van der Waals surface area contributed by atoms with Crippen molar-refractivity contribution in [2.45, 2.75) is 32.2 Å². The number of likely N-dealkylation sites (N-methyl/N-ethyl adjacent to an activating group) is 1. The Balaban J connectivity index is 1.90. The molecule has 4 heteroatoms. The first-order valence-electron chi connectivity index (χ1n) is 5.78. The molecule has 1 N–H and O–H groups in total. The molecule has 0 spiro atoms. The van der Waals surface area contributed by atoms with Gasteiger partial charge in [0.2, 0.25) is 0 Å². The van der Waals surface area contributed by atoms with E-state index in [0.29, 0.717) is 6.04 Å². The Bertz CT molecular complexity index is 267. The second-order valence-electron chi connectivity index (χ2n) is 4.00. The summed E-state index contributed by atoms with van der Waals surface area (Å²) in [7, 11) is 0. The predicted octanol–water partition coefficient (Wildman–Crippen LogP) is 2.11. The number of nitrogens with one attached hydrogen (secondary N) is 1. The van der Waals surface area contributed by atoms with E-state index in [4.69, 9.17) is 0 Å². The lowest BCUT2D eigenvalue weighted by Crippen LogP contribution is -2.43. The summed E-state index contributed by atoms with van der Waals surface area (Å²) in [6, 6.07) is 0.655. The highest BCUT2D eigenvalue weighted by molar-refractivity contribution is 7.13. The minimum atomic E-state index is 0.655. The standard InChI is InChI=1S/C11H19N3S/c1-2-14(11-13-7-8-15-11)9-10-5-3-4-6-12-10/h7-8,10,12H,2-6,9H2,1H3. The fraction of sp³-hybridized carbons (Fsp3) is 0.727. The maximum Gasteiger partial charge on any atom is 0.185 e. The van der Waals surface area contributed by atoms with Gasteiger partial charge in [-0.3, -0.25) is 0 Å². The van der Waals surface area contributed by atoms with Crippen LogP contribution in [-0.2, 0) is 0 Å². The number of rotatable bonds is 4.